The van der Waals surface area contributed by atoms with Gasteiger partial charge in [-0.1, -0.05) is 6.07 Å². The van der Waals surface area contributed by atoms with Crippen molar-refractivity contribution >= 4 is 11.7 Å². The van der Waals surface area contributed by atoms with E-state index in [2.05, 4.69) is 10.6 Å². The van der Waals surface area contributed by atoms with Crippen molar-refractivity contribution in [2.24, 2.45) is 7.05 Å². The fourth-order valence-electron chi connectivity index (χ4n) is 2.88. The molecule has 0 aliphatic carbocycles. The average molecular weight is 345 g/mol. The van der Waals surface area contributed by atoms with E-state index >= 15 is 0 Å². The predicted molar refractivity (Wildman–Crippen MR) is 92.4 cm³/mol. The number of carbonyl (C=O) groups excluding carboxylic acids is 1. The van der Waals surface area contributed by atoms with Gasteiger partial charge in [-0.3, -0.25) is 4.79 Å². The number of urea groups is 1. The molecule has 1 atom stereocenters. The molecule has 1 aliphatic rings. The second-order valence-corrected chi connectivity index (χ2v) is 6.11. The summed E-state index contributed by atoms with van der Waals surface area (Å²) in [4.78, 5) is 24.6. The van der Waals surface area contributed by atoms with Gasteiger partial charge in [-0.2, -0.15) is 0 Å². The zero-order chi connectivity index (χ0) is 18.0. The molecule has 0 saturated heterocycles. The lowest BCUT2D eigenvalue weighted by molar-refractivity contribution is 0.247. The van der Waals surface area contributed by atoms with Gasteiger partial charge >= 0.3 is 6.03 Å². The predicted octanol–water partition coefficient (Wildman–Crippen LogP) is 2.87. The van der Waals surface area contributed by atoms with Gasteiger partial charge in [-0.25, -0.2) is 9.18 Å². The third-order valence-electron chi connectivity index (χ3n) is 4.27. The maximum absolute atomic E-state index is 13.4. The first-order chi connectivity index (χ1) is 12.0. The summed E-state index contributed by atoms with van der Waals surface area (Å²) >= 11 is 0. The van der Waals surface area contributed by atoms with Crippen LogP contribution in [0, 0.1) is 12.7 Å². The van der Waals surface area contributed by atoms with Crippen molar-refractivity contribution in [1.29, 1.82) is 0 Å². The topological polar surface area (TPSA) is 72.4 Å². The third kappa shape index (κ3) is 3.65. The van der Waals surface area contributed by atoms with E-state index in [0.717, 1.165) is 12.0 Å². The molecule has 2 amide bonds. The van der Waals surface area contributed by atoms with E-state index in [1.165, 1.54) is 16.7 Å². The first-order valence-electron chi connectivity index (χ1n) is 8.11. The van der Waals surface area contributed by atoms with Crippen LogP contribution in [0.25, 0.3) is 0 Å². The Labute approximate surface area is 144 Å². The number of hydrogen-bond acceptors (Lipinski definition) is 3. The van der Waals surface area contributed by atoms with Gasteiger partial charge in [-0.05, 0) is 37.5 Å². The molecule has 1 unspecified atom stereocenters. The first kappa shape index (κ1) is 17.0. The van der Waals surface area contributed by atoms with Gasteiger partial charge in [0.1, 0.15) is 17.3 Å². The molecule has 2 aromatic rings. The Kier molecular flexibility index (Phi) is 4.74. The van der Waals surface area contributed by atoms with E-state index in [1.807, 2.05) is 0 Å². The molecule has 0 radical (unpaired) electrons. The van der Waals surface area contributed by atoms with Crippen molar-refractivity contribution in [3.05, 3.63) is 57.8 Å². The standard InChI is InChI=1S/C18H20FN3O3/c1-11-7-8-22(2)17(23)16(11)21-18(24)20-14-4-3-9-25-15-10-12(19)5-6-13(14)15/h5-8,10,14H,3-4,9H2,1-2H3,(H2,20,21,24). The molecule has 0 bridgehead atoms. The molecule has 0 spiro atoms. The number of ether oxygens (including phenoxy) is 1. The summed E-state index contributed by atoms with van der Waals surface area (Å²) in [5, 5.41) is 5.49. The summed E-state index contributed by atoms with van der Waals surface area (Å²) in [5.74, 6) is 0.0573. The van der Waals surface area contributed by atoms with Crippen molar-refractivity contribution in [3.63, 3.8) is 0 Å². The summed E-state index contributed by atoms with van der Waals surface area (Å²) in [6, 6.07) is 5.25. The quantitative estimate of drug-likeness (QED) is 0.879. The van der Waals surface area contributed by atoms with Crippen molar-refractivity contribution < 1.29 is 13.9 Å². The van der Waals surface area contributed by atoms with E-state index in [-0.39, 0.29) is 23.1 Å². The van der Waals surface area contributed by atoms with Gasteiger partial charge in [0.15, 0.2) is 0 Å². The monoisotopic (exact) mass is 345 g/mol. The van der Waals surface area contributed by atoms with Crippen LogP contribution in [0.1, 0.15) is 30.0 Å². The second kappa shape index (κ2) is 6.96. The van der Waals surface area contributed by atoms with Crippen LogP contribution in [-0.4, -0.2) is 17.2 Å². The zero-order valence-corrected chi connectivity index (χ0v) is 14.1. The van der Waals surface area contributed by atoms with Crippen molar-refractivity contribution in [2.45, 2.75) is 25.8 Å². The summed E-state index contributed by atoms with van der Waals surface area (Å²) in [5.41, 5.74) is 1.38. The average Bonchev–Trinajstić information content (AvgIpc) is 2.77. The minimum Gasteiger partial charge on any atom is -0.493 e. The van der Waals surface area contributed by atoms with Crippen LogP contribution >= 0.6 is 0 Å². The summed E-state index contributed by atoms with van der Waals surface area (Å²) in [7, 11) is 1.62. The molecule has 3 rings (SSSR count). The molecular formula is C18H20FN3O3. The molecule has 132 valence electrons. The SMILES string of the molecule is Cc1ccn(C)c(=O)c1NC(=O)NC1CCCOc2cc(F)ccc21. The molecule has 1 aliphatic heterocycles. The Morgan fingerprint density at radius 3 is 2.96 bits per heavy atom. The maximum atomic E-state index is 13.4. The Hall–Kier alpha value is -2.83. The number of pyridine rings is 1. The molecule has 2 heterocycles. The van der Waals surface area contributed by atoms with Crippen LogP contribution < -0.4 is 20.9 Å². The number of rotatable bonds is 2. The van der Waals surface area contributed by atoms with Gasteiger partial charge in [0.05, 0.1) is 12.6 Å². The fourth-order valence-corrected chi connectivity index (χ4v) is 2.88. The van der Waals surface area contributed by atoms with E-state index in [9.17, 15) is 14.0 Å². The molecular weight excluding hydrogens is 325 g/mol. The number of aryl methyl sites for hydroxylation is 2. The van der Waals surface area contributed by atoms with E-state index in [1.54, 1.807) is 32.3 Å². The van der Waals surface area contributed by atoms with Crippen molar-refractivity contribution in [2.75, 3.05) is 11.9 Å². The minimum absolute atomic E-state index is 0.242. The van der Waals surface area contributed by atoms with E-state index in [0.29, 0.717) is 24.3 Å². The number of fused-ring (bicyclic) bond motifs is 1. The highest BCUT2D eigenvalue weighted by Crippen LogP contribution is 2.32. The Morgan fingerprint density at radius 2 is 2.16 bits per heavy atom. The van der Waals surface area contributed by atoms with Gasteiger partial charge in [-0.15, -0.1) is 0 Å². The molecule has 7 heteroatoms. The Bertz CT molecular complexity index is 863. The van der Waals surface area contributed by atoms with E-state index < -0.39 is 6.03 Å². The number of carbonyl (C=O) groups is 1. The second-order valence-electron chi connectivity index (χ2n) is 6.11. The van der Waals surface area contributed by atoms with Crippen LogP contribution in [0.4, 0.5) is 14.9 Å². The first-order valence-corrected chi connectivity index (χ1v) is 8.11. The lowest BCUT2D eigenvalue weighted by Gasteiger charge is -2.19. The lowest BCUT2D eigenvalue weighted by atomic mass is 10.0. The largest absolute Gasteiger partial charge is 0.493 e. The number of halogens is 1. The molecule has 0 saturated carbocycles. The number of hydrogen-bond donors (Lipinski definition) is 2. The van der Waals surface area contributed by atoms with Gasteiger partial charge < -0.3 is 19.9 Å². The highest BCUT2D eigenvalue weighted by molar-refractivity contribution is 5.90. The minimum atomic E-state index is -0.478. The molecule has 1 aromatic carbocycles. The third-order valence-corrected chi connectivity index (χ3v) is 4.27. The van der Waals surface area contributed by atoms with Gasteiger partial charge in [0, 0.05) is 24.9 Å². The molecule has 2 N–H and O–H groups in total. The number of anilines is 1. The van der Waals surface area contributed by atoms with Crippen LogP contribution in [-0.2, 0) is 7.05 Å². The smallest absolute Gasteiger partial charge is 0.319 e. The number of benzene rings is 1. The highest BCUT2D eigenvalue weighted by Gasteiger charge is 2.22. The fraction of sp³-hybridized carbons (Fsp3) is 0.333. The van der Waals surface area contributed by atoms with E-state index in [4.69, 9.17) is 4.74 Å². The van der Waals surface area contributed by atoms with Gasteiger partial charge in [0.25, 0.3) is 5.56 Å². The maximum Gasteiger partial charge on any atom is 0.319 e. The summed E-state index contributed by atoms with van der Waals surface area (Å²) in [6.45, 7) is 2.23. The number of amides is 2. The van der Waals surface area contributed by atoms with Crippen molar-refractivity contribution in [3.8, 4) is 5.75 Å². The normalized spacial score (nSPS) is 16.4. The molecule has 25 heavy (non-hydrogen) atoms. The van der Waals surface area contributed by atoms with Crippen molar-refractivity contribution in [1.82, 2.24) is 9.88 Å². The van der Waals surface area contributed by atoms with Crippen LogP contribution in [0.5, 0.6) is 5.75 Å². The van der Waals surface area contributed by atoms with Gasteiger partial charge in [0.2, 0.25) is 0 Å². The van der Waals surface area contributed by atoms with Crippen LogP contribution in [0.2, 0.25) is 0 Å². The molecule has 6 nitrogen and oxygen atoms in total. The Morgan fingerprint density at radius 1 is 1.36 bits per heavy atom. The summed E-state index contributed by atoms with van der Waals surface area (Å²) in [6.07, 6.45) is 3.04. The number of nitrogens with zero attached hydrogens (tertiary/aromatic N) is 1. The lowest BCUT2D eigenvalue weighted by Crippen LogP contribution is -2.35. The molecule has 1 aromatic heterocycles. The highest BCUT2D eigenvalue weighted by atomic mass is 19.1. The molecule has 0 fully saturated rings. The Balaban J connectivity index is 1.80. The number of nitrogens with one attached hydrogen (secondary N) is 2. The van der Waals surface area contributed by atoms with Crippen LogP contribution in [0.15, 0.2) is 35.3 Å². The number of aromatic nitrogens is 1. The van der Waals surface area contributed by atoms with Crippen LogP contribution in [0.3, 0.4) is 0 Å². The zero-order valence-electron chi connectivity index (χ0n) is 14.1. The summed E-state index contributed by atoms with van der Waals surface area (Å²) < 4.78 is 20.4.